The number of oxazole rings is 1. The van der Waals surface area contributed by atoms with E-state index in [1.165, 1.54) is 0 Å². The van der Waals surface area contributed by atoms with Gasteiger partial charge < -0.3 is 23.3 Å². The Morgan fingerprint density at radius 3 is 2.22 bits per heavy atom. The summed E-state index contributed by atoms with van der Waals surface area (Å²) < 4.78 is 76.1. The van der Waals surface area contributed by atoms with E-state index in [0.29, 0.717) is 61.0 Å². The van der Waals surface area contributed by atoms with Gasteiger partial charge in [0.15, 0.2) is 6.54 Å². The highest BCUT2D eigenvalue weighted by atomic mass is 35.5. The maximum atomic E-state index is 11.3. The third-order valence-electron chi connectivity index (χ3n) is 8.56. The Morgan fingerprint density at radius 2 is 1.58 bits per heavy atom. The number of benzene rings is 3. The van der Waals surface area contributed by atoms with Crippen LogP contribution in [-0.4, -0.2) is 50.5 Å². The van der Waals surface area contributed by atoms with E-state index < -0.39 is 31.7 Å². The molecule has 50 heavy (non-hydrogen) atoms. The Kier molecular flexibility index (Phi) is 11.7. The topological polar surface area (TPSA) is 162 Å². The fourth-order valence-corrected chi connectivity index (χ4v) is 7.42. The first-order valence-corrected chi connectivity index (χ1v) is 19.9. The number of anilines is 2. The second kappa shape index (κ2) is 15.8. The molecule has 11 nitrogen and oxygen atoms in total. The van der Waals surface area contributed by atoms with E-state index in [1.807, 2.05) is 84.0 Å². The fourth-order valence-electron chi connectivity index (χ4n) is 6.10. The van der Waals surface area contributed by atoms with Crippen molar-refractivity contribution in [2.75, 3.05) is 34.4 Å². The predicted molar refractivity (Wildman–Crippen MR) is 192 cm³/mol. The molecule has 1 aromatic heterocycles. The SMILES string of the molecule is CCC(=C\c1oc2ccc(-c3ccccc3)cc2[n+]1CCCCS(=O)(=O)[O-])/C=C1\N(CC)c2cc(Cl)c(C#N)cc2N1CCCCS(=O)(=O)[O-]. The van der Waals surface area contributed by atoms with Gasteiger partial charge in [0.05, 0.1) is 48.3 Å². The molecule has 0 aliphatic carbocycles. The number of hydrogen-bond donors (Lipinski definition) is 0. The second-order valence-corrected chi connectivity index (χ2v) is 15.4. The Hall–Kier alpha value is -4.19. The van der Waals surface area contributed by atoms with Gasteiger partial charge in [0, 0.05) is 37.1 Å². The van der Waals surface area contributed by atoms with Gasteiger partial charge in [0.1, 0.15) is 11.9 Å². The number of unbranched alkanes of at least 4 members (excludes halogenated alkanes) is 2. The number of halogens is 1. The molecule has 0 unspecified atom stereocenters. The van der Waals surface area contributed by atoms with Gasteiger partial charge in [-0.2, -0.15) is 9.83 Å². The molecule has 0 saturated heterocycles. The molecule has 0 bridgehead atoms. The van der Waals surface area contributed by atoms with E-state index in [0.717, 1.165) is 39.4 Å². The standard InChI is InChI=1S/C36H39ClN4O7S2/c1-3-26(20-35-39(4-2)32-24-30(37)29(25-38)23-31(32)40(35)16-8-10-18-49(42,43)44)21-36-41(17-9-11-19-50(45,46)47)33-22-28(14-15-34(33)48-36)27-12-6-5-7-13-27/h5-7,12-15,20-24H,3-4,8-11,16-19H2,1-2H3,(H-,42,43,44,45,46,47)/p-1. The van der Waals surface area contributed by atoms with Crippen molar-refractivity contribution in [2.45, 2.75) is 52.5 Å². The second-order valence-electron chi connectivity index (χ2n) is 12.0. The average molecular weight is 738 g/mol. The highest BCUT2D eigenvalue weighted by Crippen LogP contribution is 2.45. The van der Waals surface area contributed by atoms with Gasteiger partial charge in [-0.25, -0.2) is 16.8 Å². The molecule has 0 amide bonds. The van der Waals surface area contributed by atoms with Crippen LogP contribution < -0.4 is 14.4 Å². The summed E-state index contributed by atoms with van der Waals surface area (Å²) in [6.07, 6.45) is 5.80. The number of nitriles is 1. The largest absolute Gasteiger partial charge is 0.748 e. The van der Waals surface area contributed by atoms with Gasteiger partial charge >= 0.3 is 5.89 Å². The molecule has 1 aliphatic heterocycles. The Bertz CT molecular complexity index is 2190. The van der Waals surface area contributed by atoms with Gasteiger partial charge in [0.25, 0.3) is 5.52 Å². The minimum Gasteiger partial charge on any atom is -0.748 e. The highest BCUT2D eigenvalue weighted by molar-refractivity contribution is 7.85. The molecule has 0 saturated carbocycles. The van der Waals surface area contributed by atoms with E-state index in [-0.39, 0.29) is 12.8 Å². The number of allylic oxidation sites excluding steroid dienone is 2. The van der Waals surface area contributed by atoms with Crippen molar-refractivity contribution < 1.29 is 34.9 Å². The number of nitrogens with zero attached hydrogens (tertiary/aromatic N) is 4. The number of hydrogen-bond acceptors (Lipinski definition) is 10. The maximum absolute atomic E-state index is 11.3. The fraction of sp³-hybridized carbons (Fsp3) is 0.333. The van der Waals surface area contributed by atoms with Crippen LogP contribution in [0, 0.1) is 11.3 Å². The third kappa shape index (κ3) is 8.93. The minimum absolute atomic E-state index is 0.184. The van der Waals surface area contributed by atoms with Crippen LogP contribution in [0.3, 0.4) is 0 Å². The molecular formula is C36H38ClN4O7S2-. The van der Waals surface area contributed by atoms with Gasteiger partial charge in [-0.3, -0.25) is 0 Å². The summed E-state index contributed by atoms with van der Waals surface area (Å²) in [5.41, 5.74) is 6.24. The van der Waals surface area contributed by atoms with Crippen molar-refractivity contribution in [1.29, 1.82) is 5.26 Å². The number of rotatable bonds is 15. The minimum atomic E-state index is -4.35. The van der Waals surface area contributed by atoms with Crippen LogP contribution in [-0.2, 0) is 26.8 Å². The van der Waals surface area contributed by atoms with Crippen LogP contribution in [0.25, 0.3) is 28.3 Å². The molecule has 264 valence electrons. The molecule has 0 radical (unpaired) electrons. The summed E-state index contributed by atoms with van der Waals surface area (Å²) in [5, 5.41) is 10.0. The first-order valence-electron chi connectivity index (χ1n) is 16.4. The lowest BCUT2D eigenvalue weighted by molar-refractivity contribution is -0.678. The average Bonchev–Trinajstić information content (AvgIpc) is 3.56. The highest BCUT2D eigenvalue weighted by Gasteiger charge is 2.32. The number of aryl methyl sites for hydroxylation is 1. The molecule has 0 fully saturated rings. The van der Waals surface area contributed by atoms with Gasteiger partial charge in [-0.1, -0.05) is 54.9 Å². The molecule has 5 rings (SSSR count). The zero-order chi connectivity index (χ0) is 36.1. The number of fused-ring (bicyclic) bond motifs is 2. The zero-order valence-corrected chi connectivity index (χ0v) is 30.2. The van der Waals surface area contributed by atoms with E-state index in [2.05, 4.69) is 11.0 Å². The lowest BCUT2D eigenvalue weighted by atomic mass is 10.1. The van der Waals surface area contributed by atoms with Crippen LogP contribution in [0.15, 0.2) is 82.6 Å². The summed E-state index contributed by atoms with van der Waals surface area (Å²) in [6.45, 7) is 5.38. The number of aromatic nitrogens is 1. The van der Waals surface area contributed by atoms with Crippen molar-refractivity contribution in [3.8, 4) is 17.2 Å². The van der Waals surface area contributed by atoms with Gasteiger partial charge in [-0.15, -0.1) is 0 Å². The lowest BCUT2D eigenvalue weighted by Gasteiger charge is -2.25. The Balaban J connectivity index is 1.58. The molecule has 2 heterocycles. The summed E-state index contributed by atoms with van der Waals surface area (Å²) in [7, 11) is -8.69. The molecule has 0 atom stereocenters. The zero-order valence-electron chi connectivity index (χ0n) is 27.8. The molecule has 1 aliphatic rings. The Morgan fingerprint density at radius 1 is 0.900 bits per heavy atom. The van der Waals surface area contributed by atoms with Crippen molar-refractivity contribution >= 4 is 60.4 Å². The molecule has 4 aromatic rings. The summed E-state index contributed by atoms with van der Waals surface area (Å²) >= 11 is 6.46. The molecule has 0 N–H and O–H groups in total. The van der Waals surface area contributed by atoms with Crippen LogP contribution in [0.2, 0.25) is 5.02 Å². The maximum Gasteiger partial charge on any atom is 0.374 e. The molecular weight excluding hydrogens is 700 g/mol. The summed E-state index contributed by atoms with van der Waals surface area (Å²) in [4.78, 5) is 4.08. The molecule has 0 spiro atoms. The van der Waals surface area contributed by atoms with E-state index in [1.54, 1.807) is 12.1 Å². The smallest absolute Gasteiger partial charge is 0.374 e. The van der Waals surface area contributed by atoms with Crippen molar-refractivity contribution in [2.24, 2.45) is 0 Å². The molecule has 14 heteroatoms. The monoisotopic (exact) mass is 737 g/mol. The van der Waals surface area contributed by atoms with Gasteiger partial charge in [-0.05, 0) is 73.6 Å². The molecule has 3 aromatic carbocycles. The van der Waals surface area contributed by atoms with Crippen molar-refractivity contribution in [3.63, 3.8) is 0 Å². The van der Waals surface area contributed by atoms with Gasteiger partial charge in [0.2, 0.25) is 5.58 Å². The van der Waals surface area contributed by atoms with Crippen molar-refractivity contribution in [1.82, 2.24) is 0 Å². The summed E-state index contributed by atoms with van der Waals surface area (Å²) in [6, 6.07) is 21.4. The van der Waals surface area contributed by atoms with Crippen LogP contribution in [0.1, 0.15) is 57.4 Å². The predicted octanol–water partition coefficient (Wildman–Crippen LogP) is 6.54. The summed E-state index contributed by atoms with van der Waals surface area (Å²) in [5.74, 6) is 0.427. The first kappa shape index (κ1) is 37.1. The van der Waals surface area contributed by atoms with Crippen LogP contribution in [0.4, 0.5) is 11.4 Å². The van der Waals surface area contributed by atoms with E-state index in [9.17, 15) is 31.2 Å². The third-order valence-corrected chi connectivity index (χ3v) is 10.4. The lowest BCUT2D eigenvalue weighted by Crippen LogP contribution is -2.35. The normalized spacial score (nSPS) is 14.5. The quantitative estimate of drug-likeness (QED) is 0.0744. The van der Waals surface area contributed by atoms with Crippen LogP contribution in [0.5, 0.6) is 0 Å². The van der Waals surface area contributed by atoms with E-state index in [4.69, 9.17) is 16.0 Å². The van der Waals surface area contributed by atoms with Crippen molar-refractivity contribution in [3.05, 3.63) is 94.6 Å². The first-order chi connectivity index (χ1) is 23.8. The van der Waals surface area contributed by atoms with E-state index >= 15 is 0 Å². The Labute approximate surface area is 298 Å². The van der Waals surface area contributed by atoms with Crippen LogP contribution >= 0.6 is 11.6 Å².